The van der Waals surface area contributed by atoms with Gasteiger partial charge in [0.1, 0.15) is 22.7 Å². The van der Waals surface area contributed by atoms with Crippen molar-refractivity contribution in [3.63, 3.8) is 0 Å². The molecule has 4 N–H and O–H groups in total. The molecule has 3 aromatic carbocycles. The average molecular weight is 521 g/mol. The maximum absolute atomic E-state index is 15.2. The number of anilines is 2. The van der Waals surface area contributed by atoms with E-state index in [9.17, 15) is 9.90 Å². The Morgan fingerprint density at radius 1 is 0.974 bits per heavy atom. The van der Waals surface area contributed by atoms with E-state index < -0.39 is 35.1 Å². The van der Waals surface area contributed by atoms with E-state index >= 15 is 8.78 Å². The van der Waals surface area contributed by atoms with Crippen molar-refractivity contribution in [3.8, 4) is 34.4 Å². The van der Waals surface area contributed by atoms with Crippen LogP contribution in [-0.4, -0.2) is 37.2 Å². The Kier molecular flexibility index (Phi) is 7.73. The Balaban J connectivity index is 1.74. The summed E-state index contributed by atoms with van der Waals surface area (Å²) in [7, 11) is 4.83. The fourth-order valence-electron chi connectivity index (χ4n) is 3.74. The molecule has 1 aromatic heterocycles. The van der Waals surface area contributed by atoms with Gasteiger partial charge in [-0.1, -0.05) is 30.3 Å². The Bertz CT molecular complexity index is 1490. The van der Waals surface area contributed by atoms with Gasteiger partial charge in [-0.25, -0.2) is 4.79 Å². The van der Waals surface area contributed by atoms with Gasteiger partial charge in [-0.3, -0.25) is 0 Å². The van der Waals surface area contributed by atoms with Crippen LogP contribution in [0.25, 0.3) is 11.1 Å². The molecular weight excluding hydrogens is 494 g/mol. The molecular formula is C28H26F2N4O4. The highest BCUT2D eigenvalue weighted by Crippen LogP contribution is 2.38. The molecule has 0 saturated heterocycles. The monoisotopic (exact) mass is 520 g/mol. The average Bonchev–Trinajstić information content (AvgIpc) is 2.91. The van der Waals surface area contributed by atoms with Gasteiger partial charge in [-0.05, 0) is 47.0 Å². The molecule has 0 fully saturated rings. The maximum atomic E-state index is 15.2. The molecule has 196 valence electrons. The van der Waals surface area contributed by atoms with Crippen LogP contribution >= 0.6 is 0 Å². The maximum Gasteiger partial charge on any atom is 0.339 e. The van der Waals surface area contributed by atoms with E-state index in [1.54, 1.807) is 43.3 Å². The summed E-state index contributed by atoms with van der Waals surface area (Å²) >= 11 is 0. The number of aromatic nitrogens is 1. The van der Waals surface area contributed by atoms with Crippen LogP contribution < -0.4 is 25.4 Å². The molecule has 1 heterocycles. The Hall–Kier alpha value is -4.70. The molecule has 0 aliphatic heterocycles. The number of ether oxygens (including phenoxy) is 2. The number of carboxylic acids is 1. The molecule has 0 spiro atoms. The van der Waals surface area contributed by atoms with Crippen molar-refractivity contribution in [2.45, 2.75) is 6.54 Å². The predicted octanol–water partition coefficient (Wildman–Crippen LogP) is 5.88. The molecule has 10 heteroatoms. The van der Waals surface area contributed by atoms with Gasteiger partial charge in [-0.15, -0.1) is 0 Å². The third-order valence-electron chi connectivity index (χ3n) is 5.73. The zero-order valence-electron chi connectivity index (χ0n) is 21.0. The summed E-state index contributed by atoms with van der Waals surface area (Å²) in [6, 6.07) is 18.8. The number of rotatable bonds is 9. The van der Waals surface area contributed by atoms with Crippen molar-refractivity contribution < 1.29 is 28.2 Å². The largest absolute Gasteiger partial charge is 0.478 e. The summed E-state index contributed by atoms with van der Waals surface area (Å²) < 4.78 is 41.7. The number of nitrogens with two attached hydrogens (primary N) is 1. The van der Waals surface area contributed by atoms with Gasteiger partial charge >= 0.3 is 5.97 Å². The van der Waals surface area contributed by atoms with Crippen LogP contribution in [0.5, 0.6) is 23.3 Å². The van der Waals surface area contributed by atoms with Crippen molar-refractivity contribution in [1.29, 1.82) is 0 Å². The summed E-state index contributed by atoms with van der Waals surface area (Å²) in [6.45, 7) is 0.380. The molecule has 4 rings (SSSR count). The van der Waals surface area contributed by atoms with Crippen LogP contribution in [0, 0.1) is 11.6 Å². The van der Waals surface area contributed by atoms with E-state index in [4.69, 9.17) is 15.2 Å². The number of aromatic carboxylic acids is 1. The molecule has 8 nitrogen and oxygen atoms in total. The molecule has 0 unspecified atom stereocenters. The van der Waals surface area contributed by atoms with E-state index in [1.165, 1.54) is 19.2 Å². The summed E-state index contributed by atoms with van der Waals surface area (Å²) in [4.78, 5) is 17.4. The fraction of sp³-hybridized carbons (Fsp3) is 0.143. The van der Waals surface area contributed by atoms with Crippen LogP contribution in [0.1, 0.15) is 15.9 Å². The Morgan fingerprint density at radius 2 is 1.63 bits per heavy atom. The van der Waals surface area contributed by atoms with Crippen LogP contribution in [0.15, 0.2) is 66.7 Å². The quantitative estimate of drug-likeness (QED) is 0.251. The third kappa shape index (κ3) is 5.50. The predicted molar refractivity (Wildman–Crippen MR) is 141 cm³/mol. The van der Waals surface area contributed by atoms with Gasteiger partial charge in [0.2, 0.25) is 11.6 Å². The molecule has 0 bridgehead atoms. The van der Waals surface area contributed by atoms with Crippen molar-refractivity contribution in [2.75, 3.05) is 31.4 Å². The lowest BCUT2D eigenvalue weighted by atomic mass is 10.0. The number of carboxylic acid groups (broad SMARTS) is 1. The SMILES string of the molecule is CNc1c(F)c(Oc2cccc(-c3cccc(CN)c3)c2)nc(Oc2cc(N(C)C)ccc2C(=O)O)c1F. The van der Waals surface area contributed by atoms with Crippen molar-refractivity contribution >= 4 is 17.3 Å². The number of halogens is 2. The fourth-order valence-corrected chi connectivity index (χ4v) is 3.74. The van der Waals surface area contributed by atoms with Crippen molar-refractivity contribution in [1.82, 2.24) is 4.98 Å². The van der Waals surface area contributed by atoms with E-state index in [0.717, 1.165) is 16.7 Å². The normalized spacial score (nSPS) is 10.7. The molecule has 0 aliphatic carbocycles. The third-order valence-corrected chi connectivity index (χ3v) is 5.73. The minimum absolute atomic E-state index is 0.170. The number of nitrogens with zero attached hydrogens (tertiary/aromatic N) is 2. The van der Waals surface area contributed by atoms with E-state index in [0.29, 0.717) is 12.2 Å². The number of hydrogen-bond acceptors (Lipinski definition) is 7. The first-order chi connectivity index (χ1) is 18.2. The highest BCUT2D eigenvalue weighted by atomic mass is 19.1. The molecule has 4 aromatic rings. The van der Waals surface area contributed by atoms with Crippen molar-refractivity contribution in [2.24, 2.45) is 5.73 Å². The van der Waals surface area contributed by atoms with Gasteiger partial charge in [0, 0.05) is 39.4 Å². The van der Waals surface area contributed by atoms with Gasteiger partial charge < -0.3 is 30.5 Å². The first-order valence-electron chi connectivity index (χ1n) is 11.6. The lowest BCUT2D eigenvalue weighted by Crippen LogP contribution is -2.10. The zero-order valence-corrected chi connectivity index (χ0v) is 21.0. The second-order valence-electron chi connectivity index (χ2n) is 8.49. The van der Waals surface area contributed by atoms with Gasteiger partial charge in [0.15, 0.2) is 0 Å². The Morgan fingerprint density at radius 3 is 2.26 bits per heavy atom. The van der Waals surface area contributed by atoms with Crippen LogP contribution in [0.3, 0.4) is 0 Å². The Labute approximate surface area is 218 Å². The second-order valence-corrected chi connectivity index (χ2v) is 8.49. The summed E-state index contributed by atoms with van der Waals surface area (Å²) in [5.74, 6) is -4.64. The first-order valence-corrected chi connectivity index (χ1v) is 11.6. The van der Waals surface area contributed by atoms with Gasteiger partial charge in [0.05, 0.1) is 0 Å². The lowest BCUT2D eigenvalue weighted by Gasteiger charge is -2.17. The highest BCUT2D eigenvalue weighted by molar-refractivity contribution is 5.91. The van der Waals surface area contributed by atoms with E-state index in [1.807, 2.05) is 30.3 Å². The molecule has 0 amide bonds. The first kappa shape index (κ1) is 26.4. The molecule has 38 heavy (non-hydrogen) atoms. The second kappa shape index (κ2) is 11.1. The lowest BCUT2D eigenvalue weighted by molar-refractivity contribution is 0.0694. The number of benzene rings is 3. The minimum Gasteiger partial charge on any atom is -0.478 e. The summed E-state index contributed by atoms with van der Waals surface area (Å²) in [5, 5.41) is 12.0. The molecule has 0 atom stereocenters. The van der Waals surface area contributed by atoms with Crippen LogP contribution in [0.4, 0.5) is 20.2 Å². The molecule has 0 radical (unpaired) electrons. The van der Waals surface area contributed by atoms with E-state index in [-0.39, 0.29) is 17.1 Å². The highest BCUT2D eigenvalue weighted by Gasteiger charge is 2.25. The number of carbonyl (C=O) groups is 1. The topological polar surface area (TPSA) is 110 Å². The van der Waals surface area contributed by atoms with E-state index in [2.05, 4.69) is 10.3 Å². The standard InChI is InChI=1S/C28H26F2N4O4/c1-32-25-23(29)26(37-20-9-5-8-18(13-20)17-7-4-6-16(12-17)15-31)33-27(24(25)30)38-22-14-19(34(2)3)10-11-21(22)28(35)36/h4-14H,15,31H2,1-3H3,(H,32,33)(H,35,36). The summed E-state index contributed by atoms with van der Waals surface area (Å²) in [6.07, 6.45) is 0. The van der Waals surface area contributed by atoms with Crippen molar-refractivity contribution in [3.05, 3.63) is 89.5 Å². The van der Waals surface area contributed by atoms with Crippen LogP contribution in [-0.2, 0) is 6.54 Å². The summed E-state index contributed by atoms with van der Waals surface area (Å²) in [5.41, 5.74) is 8.20. The smallest absolute Gasteiger partial charge is 0.339 e. The number of pyridine rings is 1. The van der Waals surface area contributed by atoms with Gasteiger partial charge in [-0.2, -0.15) is 13.8 Å². The molecule has 0 saturated carbocycles. The number of nitrogens with one attached hydrogen (secondary N) is 1. The van der Waals surface area contributed by atoms with Gasteiger partial charge in [0.25, 0.3) is 11.8 Å². The molecule has 0 aliphatic rings. The minimum atomic E-state index is -1.28. The van der Waals surface area contributed by atoms with Crippen LogP contribution in [0.2, 0.25) is 0 Å². The number of hydrogen-bond donors (Lipinski definition) is 3. The zero-order chi connectivity index (χ0) is 27.4.